The van der Waals surface area contributed by atoms with Crippen LogP contribution in [0.15, 0.2) is 0 Å². The SMILES string of the molecule is Fc1c(N2CCCC2)c(F)c2c(F)c(N3CCCC3)c(N3CCCC3)c(F)c2c1F. The van der Waals surface area contributed by atoms with Crippen molar-refractivity contribution in [2.24, 2.45) is 0 Å². The molecule has 8 heteroatoms. The van der Waals surface area contributed by atoms with Crippen LogP contribution in [0.4, 0.5) is 39.0 Å². The first kappa shape index (κ1) is 19.7. The van der Waals surface area contributed by atoms with Crippen LogP contribution in [0.2, 0.25) is 0 Å². The first-order chi connectivity index (χ1) is 14.5. The number of halogens is 5. The van der Waals surface area contributed by atoms with Crippen molar-refractivity contribution < 1.29 is 22.0 Å². The molecule has 0 amide bonds. The summed E-state index contributed by atoms with van der Waals surface area (Å²) in [6.45, 7) is 2.75. The van der Waals surface area contributed by atoms with Gasteiger partial charge in [0.1, 0.15) is 17.1 Å². The number of anilines is 3. The van der Waals surface area contributed by atoms with Crippen LogP contribution < -0.4 is 14.7 Å². The molecule has 30 heavy (non-hydrogen) atoms. The topological polar surface area (TPSA) is 9.72 Å². The fourth-order valence-corrected chi connectivity index (χ4v) is 5.18. The summed E-state index contributed by atoms with van der Waals surface area (Å²) in [6, 6.07) is 0. The molecule has 162 valence electrons. The quantitative estimate of drug-likeness (QED) is 0.486. The minimum atomic E-state index is -1.52. The molecule has 3 aliphatic rings. The molecule has 3 fully saturated rings. The molecule has 3 heterocycles. The van der Waals surface area contributed by atoms with Crippen LogP contribution in [0.3, 0.4) is 0 Å². The highest BCUT2D eigenvalue weighted by Gasteiger charge is 2.36. The Labute approximate surface area is 172 Å². The van der Waals surface area contributed by atoms with E-state index in [1.165, 1.54) is 4.90 Å². The van der Waals surface area contributed by atoms with Gasteiger partial charge < -0.3 is 14.7 Å². The Bertz CT molecular complexity index is 991. The van der Waals surface area contributed by atoms with Crippen molar-refractivity contribution in [3.63, 3.8) is 0 Å². The van der Waals surface area contributed by atoms with Gasteiger partial charge in [-0.05, 0) is 38.5 Å². The maximum Gasteiger partial charge on any atom is 0.185 e. The Balaban J connectivity index is 1.84. The lowest BCUT2D eigenvalue weighted by Crippen LogP contribution is -2.28. The van der Waals surface area contributed by atoms with Gasteiger partial charge in [0.2, 0.25) is 0 Å². The molecule has 0 spiro atoms. The third kappa shape index (κ3) is 2.82. The third-order valence-corrected chi connectivity index (χ3v) is 6.64. The number of hydrogen-bond donors (Lipinski definition) is 0. The molecule has 0 saturated carbocycles. The first-order valence-electron chi connectivity index (χ1n) is 10.8. The highest BCUT2D eigenvalue weighted by molar-refractivity contribution is 5.97. The van der Waals surface area contributed by atoms with Crippen LogP contribution in [-0.4, -0.2) is 39.3 Å². The lowest BCUT2D eigenvalue weighted by Gasteiger charge is -2.30. The maximum atomic E-state index is 15.9. The molecule has 3 aliphatic heterocycles. The molecule has 0 N–H and O–H groups in total. The summed E-state index contributed by atoms with van der Waals surface area (Å²) in [6.07, 6.45) is 4.66. The number of benzene rings is 2. The Morgan fingerprint density at radius 2 is 0.667 bits per heavy atom. The van der Waals surface area contributed by atoms with Gasteiger partial charge >= 0.3 is 0 Å². The maximum absolute atomic E-state index is 15.9. The molecule has 2 aromatic rings. The van der Waals surface area contributed by atoms with Gasteiger partial charge in [0.15, 0.2) is 29.1 Å². The Kier molecular flexibility index (Phi) is 4.90. The van der Waals surface area contributed by atoms with Crippen molar-refractivity contribution in [1.29, 1.82) is 0 Å². The Morgan fingerprint density at radius 3 is 1.07 bits per heavy atom. The zero-order valence-electron chi connectivity index (χ0n) is 16.7. The summed E-state index contributed by atoms with van der Waals surface area (Å²) < 4.78 is 77.1. The van der Waals surface area contributed by atoms with Crippen LogP contribution in [0, 0.1) is 29.1 Å². The van der Waals surface area contributed by atoms with Crippen LogP contribution in [0.5, 0.6) is 0 Å². The van der Waals surface area contributed by atoms with E-state index < -0.39 is 45.5 Å². The summed E-state index contributed by atoms with van der Waals surface area (Å²) in [5.41, 5.74) is -0.667. The van der Waals surface area contributed by atoms with Crippen LogP contribution >= 0.6 is 0 Å². The van der Waals surface area contributed by atoms with E-state index in [1.54, 1.807) is 9.80 Å². The number of nitrogens with zero attached hydrogens (tertiary/aromatic N) is 3. The average molecular weight is 425 g/mol. The zero-order valence-corrected chi connectivity index (χ0v) is 16.7. The molecule has 0 bridgehead atoms. The lowest BCUT2D eigenvalue weighted by molar-refractivity contribution is 0.496. The van der Waals surface area contributed by atoms with E-state index >= 15 is 17.6 Å². The molecule has 0 aromatic heterocycles. The van der Waals surface area contributed by atoms with Crippen LogP contribution in [-0.2, 0) is 0 Å². The molecule has 2 aromatic carbocycles. The first-order valence-corrected chi connectivity index (χ1v) is 10.8. The molecule has 3 saturated heterocycles. The highest BCUT2D eigenvalue weighted by Crippen LogP contribution is 2.46. The van der Waals surface area contributed by atoms with Crippen LogP contribution in [0.1, 0.15) is 38.5 Å². The smallest absolute Gasteiger partial charge is 0.185 e. The fourth-order valence-electron chi connectivity index (χ4n) is 5.18. The van der Waals surface area contributed by atoms with Crippen LogP contribution in [0.25, 0.3) is 10.8 Å². The number of fused-ring (bicyclic) bond motifs is 1. The minimum Gasteiger partial charge on any atom is -0.367 e. The van der Waals surface area contributed by atoms with E-state index in [-0.39, 0.29) is 11.4 Å². The largest absolute Gasteiger partial charge is 0.367 e. The van der Waals surface area contributed by atoms with Gasteiger partial charge in [0, 0.05) is 39.3 Å². The van der Waals surface area contributed by atoms with Crippen molar-refractivity contribution in [2.45, 2.75) is 38.5 Å². The summed E-state index contributed by atoms with van der Waals surface area (Å²) >= 11 is 0. The summed E-state index contributed by atoms with van der Waals surface area (Å²) in [7, 11) is 0. The van der Waals surface area contributed by atoms with Gasteiger partial charge in [-0.1, -0.05) is 0 Å². The minimum absolute atomic E-state index is 0.0170. The second-order valence-corrected chi connectivity index (χ2v) is 8.45. The predicted molar refractivity (Wildman–Crippen MR) is 108 cm³/mol. The van der Waals surface area contributed by atoms with E-state index in [2.05, 4.69) is 0 Å². The van der Waals surface area contributed by atoms with E-state index in [4.69, 9.17) is 0 Å². The van der Waals surface area contributed by atoms with Gasteiger partial charge in [-0.2, -0.15) is 0 Å². The van der Waals surface area contributed by atoms with Gasteiger partial charge in [-0.3, -0.25) is 0 Å². The van der Waals surface area contributed by atoms with Gasteiger partial charge in [0.05, 0.1) is 10.8 Å². The lowest BCUT2D eigenvalue weighted by atomic mass is 10.0. The normalized spacial score (nSPS) is 19.7. The molecule has 0 aliphatic carbocycles. The van der Waals surface area contributed by atoms with Crippen molar-refractivity contribution in [3.8, 4) is 0 Å². The molecule has 3 nitrogen and oxygen atoms in total. The van der Waals surface area contributed by atoms with Crippen molar-refractivity contribution >= 4 is 27.8 Å². The number of rotatable bonds is 3. The molecular weight excluding hydrogens is 401 g/mol. The van der Waals surface area contributed by atoms with E-state index in [9.17, 15) is 4.39 Å². The summed E-state index contributed by atoms with van der Waals surface area (Å²) in [5.74, 6) is -6.24. The van der Waals surface area contributed by atoms with E-state index in [0.717, 1.165) is 25.7 Å². The van der Waals surface area contributed by atoms with Gasteiger partial charge in [-0.25, -0.2) is 22.0 Å². The Morgan fingerprint density at radius 1 is 0.367 bits per heavy atom. The predicted octanol–water partition coefficient (Wildman–Crippen LogP) is 5.34. The highest BCUT2D eigenvalue weighted by atomic mass is 19.2. The summed E-state index contributed by atoms with van der Waals surface area (Å²) in [4.78, 5) is 4.77. The second kappa shape index (κ2) is 7.46. The van der Waals surface area contributed by atoms with E-state index in [1.807, 2.05) is 0 Å². The molecular formula is C22H24F5N3. The molecule has 5 rings (SSSR count). The van der Waals surface area contributed by atoms with Gasteiger partial charge in [0.25, 0.3) is 0 Å². The average Bonchev–Trinajstić information content (AvgIpc) is 3.49. The van der Waals surface area contributed by atoms with Gasteiger partial charge in [-0.15, -0.1) is 0 Å². The van der Waals surface area contributed by atoms with Crippen molar-refractivity contribution in [3.05, 3.63) is 29.1 Å². The second-order valence-electron chi connectivity index (χ2n) is 8.45. The van der Waals surface area contributed by atoms with Crippen molar-refractivity contribution in [1.82, 2.24) is 0 Å². The van der Waals surface area contributed by atoms with Crippen molar-refractivity contribution in [2.75, 3.05) is 54.0 Å². The molecule has 0 unspecified atom stereocenters. The Hall–Kier alpha value is -2.25. The summed E-state index contributed by atoms with van der Waals surface area (Å²) in [5, 5.41) is -1.70. The standard InChI is InChI=1S/C22H24F5N3/c23-15-13-14(16(24)20(19(15)27)28-7-1-2-8-28)18(26)22(30-11-5-6-12-30)21(17(13)25)29-9-3-4-10-29/h1-12H2. The van der Waals surface area contributed by atoms with E-state index in [0.29, 0.717) is 52.1 Å². The number of hydrogen-bond acceptors (Lipinski definition) is 3. The zero-order chi connectivity index (χ0) is 21.0. The molecule has 0 atom stereocenters. The monoisotopic (exact) mass is 425 g/mol. The third-order valence-electron chi connectivity index (χ3n) is 6.64. The molecule has 0 radical (unpaired) electrons. The fraction of sp³-hybridized carbons (Fsp3) is 0.545.